The Hall–Kier alpha value is 0.0500. The van der Waals surface area contributed by atoms with Gasteiger partial charge in [0, 0.05) is 11.0 Å². The van der Waals surface area contributed by atoms with Gasteiger partial charge in [-0.25, -0.2) is 0 Å². The Kier molecular flexibility index (Phi) is 9.71. The van der Waals surface area contributed by atoms with Crippen molar-refractivity contribution in [2.24, 2.45) is 5.73 Å². The molecule has 0 aromatic heterocycles. The van der Waals surface area contributed by atoms with Crippen LogP contribution < -0.4 is 5.73 Å². The van der Waals surface area contributed by atoms with Gasteiger partial charge < -0.3 is 5.73 Å². The summed E-state index contributed by atoms with van der Waals surface area (Å²) >= 11 is 2.16. The number of thioether (sulfide) groups is 1. The van der Waals surface area contributed by atoms with Crippen LogP contribution in [-0.4, -0.2) is 17.5 Å². The van der Waals surface area contributed by atoms with E-state index < -0.39 is 0 Å². The second kappa shape index (κ2) is 10.8. The highest BCUT2D eigenvalue weighted by atomic mass is 32.2. The number of unbranched alkanes of at least 4 members (excludes halogenated alkanes) is 4. The highest BCUT2D eigenvalue weighted by molar-refractivity contribution is 8.00. The highest BCUT2D eigenvalue weighted by Gasteiger charge is 2.20. The maximum absolute atomic E-state index is 5.73. The molecule has 0 saturated carbocycles. The highest BCUT2D eigenvalue weighted by Crippen LogP contribution is 2.36. The fraction of sp³-hybridized carbons (Fsp3) is 0.882. The first-order chi connectivity index (χ1) is 9.31. The van der Waals surface area contributed by atoms with Gasteiger partial charge in [0.15, 0.2) is 0 Å². The van der Waals surface area contributed by atoms with Gasteiger partial charge >= 0.3 is 0 Å². The summed E-state index contributed by atoms with van der Waals surface area (Å²) in [5.41, 5.74) is 9.33. The molecule has 0 saturated heterocycles. The van der Waals surface area contributed by atoms with Gasteiger partial charge in [-0.2, -0.15) is 11.8 Å². The number of rotatable bonds is 10. The number of nitrogens with two attached hydrogens (primary N) is 1. The van der Waals surface area contributed by atoms with Crippen molar-refractivity contribution in [2.45, 2.75) is 83.3 Å². The first kappa shape index (κ1) is 17.1. The smallest absolute Gasteiger partial charge is 0.0148 e. The maximum atomic E-state index is 5.73. The second-order valence-electron chi connectivity index (χ2n) is 5.84. The number of hydrogen-bond donors (Lipinski definition) is 1. The first-order valence-electron chi connectivity index (χ1n) is 8.33. The summed E-state index contributed by atoms with van der Waals surface area (Å²) in [5.74, 6) is 1.29. The van der Waals surface area contributed by atoms with E-state index >= 15 is 0 Å². The molecule has 0 amide bonds. The third-order valence-corrected chi connectivity index (χ3v) is 5.51. The molecule has 2 N–H and O–H groups in total. The average Bonchev–Trinajstić information content (AvgIpc) is 2.42. The quantitative estimate of drug-likeness (QED) is 0.435. The van der Waals surface area contributed by atoms with Crippen molar-refractivity contribution in [3.05, 3.63) is 11.1 Å². The summed E-state index contributed by atoms with van der Waals surface area (Å²) in [5, 5.41) is 0.802. The van der Waals surface area contributed by atoms with Crippen molar-refractivity contribution >= 4 is 11.8 Å². The van der Waals surface area contributed by atoms with E-state index in [0.717, 1.165) is 11.8 Å². The van der Waals surface area contributed by atoms with Crippen LogP contribution >= 0.6 is 11.8 Å². The van der Waals surface area contributed by atoms with Gasteiger partial charge in [-0.3, -0.25) is 0 Å². The van der Waals surface area contributed by atoms with Gasteiger partial charge in [0.25, 0.3) is 0 Å². The zero-order chi connectivity index (χ0) is 13.9. The molecular formula is C17H33NS. The molecule has 0 aromatic carbocycles. The van der Waals surface area contributed by atoms with Crippen molar-refractivity contribution in [2.75, 3.05) is 12.3 Å². The Bertz CT molecular complexity index is 260. The maximum Gasteiger partial charge on any atom is 0.0148 e. The van der Waals surface area contributed by atoms with Crippen molar-refractivity contribution < 1.29 is 0 Å². The predicted octanol–water partition coefficient (Wildman–Crippen LogP) is 5.30. The average molecular weight is 284 g/mol. The van der Waals surface area contributed by atoms with Crippen molar-refractivity contribution in [1.82, 2.24) is 0 Å². The van der Waals surface area contributed by atoms with Crippen molar-refractivity contribution in [3.63, 3.8) is 0 Å². The molecule has 19 heavy (non-hydrogen) atoms. The van der Waals surface area contributed by atoms with Gasteiger partial charge in [-0.1, -0.05) is 50.7 Å². The molecule has 0 aliphatic carbocycles. The van der Waals surface area contributed by atoms with Crippen LogP contribution in [0.1, 0.15) is 78.1 Å². The van der Waals surface area contributed by atoms with Crippen molar-refractivity contribution in [1.29, 1.82) is 0 Å². The lowest BCUT2D eigenvalue weighted by Crippen LogP contribution is -2.17. The Labute approximate surface area is 124 Å². The Morgan fingerprint density at radius 1 is 1.00 bits per heavy atom. The molecule has 1 nitrogen and oxygen atoms in total. The molecule has 2 heteroatoms. The molecule has 0 fully saturated rings. The van der Waals surface area contributed by atoms with Crippen molar-refractivity contribution in [3.8, 4) is 0 Å². The predicted molar refractivity (Wildman–Crippen MR) is 89.8 cm³/mol. The Morgan fingerprint density at radius 3 is 2.21 bits per heavy atom. The summed E-state index contributed by atoms with van der Waals surface area (Å²) in [4.78, 5) is 0. The fourth-order valence-corrected chi connectivity index (χ4v) is 4.28. The third-order valence-electron chi connectivity index (χ3n) is 4.12. The first-order valence-corrected chi connectivity index (χ1v) is 9.38. The molecule has 1 unspecified atom stereocenters. The molecule has 0 bridgehead atoms. The number of hydrogen-bond acceptors (Lipinski definition) is 2. The Morgan fingerprint density at radius 2 is 1.63 bits per heavy atom. The van der Waals surface area contributed by atoms with E-state index in [1.807, 2.05) is 5.57 Å². The van der Waals surface area contributed by atoms with Crippen LogP contribution in [0.25, 0.3) is 0 Å². The van der Waals surface area contributed by atoms with Gasteiger partial charge in [0.05, 0.1) is 0 Å². The van der Waals surface area contributed by atoms with Gasteiger partial charge in [-0.05, 0) is 45.1 Å². The van der Waals surface area contributed by atoms with E-state index in [-0.39, 0.29) is 0 Å². The lowest BCUT2D eigenvalue weighted by molar-refractivity contribution is 0.647. The largest absolute Gasteiger partial charge is 0.330 e. The lowest BCUT2D eigenvalue weighted by atomic mass is 9.93. The molecule has 0 radical (unpaired) electrons. The molecule has 1 aliphatic heterocycles. The standard InChI is InChI=1S/C17H33NS/c1-3-5-7-9-15-13-17(11-12-18)19-14-16(15)10-8-6-4-2/h17H,3-14,18H2,1-2H3. The minimum atomic E-state index is 0.802. The lowest BCUT2D eigenvalue weighted by Gasteiger charge is -2.27. The topological polar surface area (TPSA) is 26.0 Å². The molecule has 1 aliphatic rings. The second-order valence-corrected chi connectivity index (χ2v) is 7.12. The van der Waals surface area contributed by atoms with Gasteiger partial charge in [0.2, 0.25) is 0 Å². The summed E-state index contributed by atoms with van der Waals surface area (Å²) in [6.45, 7) is 5.44. The summed E-state index contributed by atoms with van der Waals surface area (Å²) in [7, 11) is 0. The zero-order valence-electron chi connectivity index (χ0n) is 13.0. The minimum Gasteiger partial charge on any atom is -0.330 e. The zero-order valence-corrected chi connectivity index (χ0v) is 13.9. The van der Waals surface area contributed by atoms with E-state index in [1.165, 1.54) is 70.0 Å². The van der Waals surface area contributed by atoms with E-state index in [2.05, 4.69) is 25.6 Å². The van der Waals surface area contributed by atoms with Crippen LogP contribution in [0.4, 0.5) is 0 Å². The third kappa shape index (κ3) is 6.85. The molecular weight excluding hydrogens is 250 g/mol. The molecule has 0 spiro atoms. The van der Waals surface area contributed by atoms with Crippen LogP contribution in [0, 0.1) is 0 Å². The minimum absolute atomic E-state index is 0.802. The number of allylic oxidation sites excluding steroid dienone is 1. The van der Waals surface area contributed by atoms with Crippen LogP contribution in [0.3, 0.4) is 0 Å². The van der Waals surface area contributed by atoms with Crippen LogP contribution in [0.15, 0.2) is 11.1 Å². The SMILES string of the molecule is CCCCCC1=C(CCCCC)CC(CCN)SC1. The van der Waals surface area contributed by atoms with Crippen LogP contribution in [0.5, 0.6) is 0 Å². The van der Waals surface area contributed by atoms with E-state index in [1.54, 1.807) is 5.57 Å². The monoisotopic (exact) mass is 283 g/mol. The normalized spacial score (nSPS) is 20.1. The van der Waals surface area contributed by atoms with E-state index in [9.17, 15) is 0 Å². The Balaban J connectivity index is 2.51. The molecule has 1 atom stereocenters. The summed E-state index contributed by atoms with van der Waals surface area (Å²) in [6.07, 6.45) is 13.5. The fourth-order valence-electron chi connectivity index (χ4n) is 2.87. The molecule has 0 aromatic rings. The summed E-state index contributed by atoms with van der Waals surface area (Å²) in [6, 6.07) is 0. The van der Waals surface area contributed by atoms with E-state index in [0.29, 0.717) is 0 Å². The molecule has 1 heterocycles. The summed E-state index contributed by atoms with van der Waals surface area (Å²) < 4.78 is 0. The van der Waals surface area contributed by atoms with Gasteiger partial charge in [0.1, 0.15) is 0 Å². The van der Waals surface area contributed by atoms with Gasteiger partial charge in [-0.15, -0.1) is 0 Å². The molecule has 112 valence electrons. The molecule has 1 rings (SSSR count). The van der Waals surface area contributed by atoms with Crippen LogP contribution in [-0.2, 0) is 0 Å². The van der Waals surface area contributed by atoms with Crippen LogP contribution in [0.2, 0.25) is 0 Å². The van der Waals surface area contributed by atoms with E-state index in [4.69, 9.17) is 5.73 Å².